The van der Waals surface area contributed by atoms with Gasteiger partial charge in [-0.2, -0.15) is 0 Å². The molecule has 0 saturated carbocycles. The van der Waals surface area contributed by atoms with Crippen LogP contribution in [0.3, 0.4) is 0 Å². The van der Waals surface area contributed by atoms with E-state index in [0.717, 1.165) is 26.7 Å². The maximum Gasteiger partial charge on any atom is 0.148 e. The lowest BCUT2D eigenvalue weighted by molar-refractivity contribution is 0.302. The predicted octanol–water partition coefficient (Wildman–Crippen LogP) is 4.08. The van der Waals surface area contributed by atoms with Crippen LogP contribution >= 0.6 is 31.9 Å². The Labute approximate surface area is 135 Å². The molecule has 0 bridgehead atoms. The van der Waals surface area contributed by atoms with Crippen molar-refractivity contribution in [3.63, 3.8) is 0 Å². The van der Waals surface area contributed by atoms with Gasteiger partial charge in [0.15, 0.2) is 0 Å². The van der Waals surface area contributed by atoms with Crippen LogP contribution in [0.4, 0.5) is 0 Å². The van der Waals surface area contributed by atoms with Crippen molar-refractivity contribution in [3.8, 4) is 5.75 Å². The third kappa shape index (κ3) is 4.30. The van der Waals surface area contributed by atoms with Crippen LogP contribution in [0.1, 0.15) is 18.1 Å². The summed E-state index contributed by atoms with van der Waals surface area (Å²) in [6, 6.07) is 8.11. The molecular formula is C15H16Br2N2O. The minimum absolute atomic E-state index is 0.136. The Balaban J connectivity index is 2.12. The highest BCUT2D eigenvalue weighted by molar-refractivity contribution is 9.11. The summed E-state index contributed by atoms with van der Waals surface area (Å²) in [4.78, 5) is 3.99. The average Bonchev–Trinajstić information content (AvgIpc) is 2.38. The fourth-order valence-corrected chi connectivity index (χ4v) is 3.38. The molecule has 1 atom stereocenters. The molecule has 1 unspecified atom stereocenters. The van der Waals surface area contributed by atoms with Gasteiger partial charge >= 0.3 is 0 Å². The highest BCUT2D eigenvalue weighted by Gasteiger charge is 2.10. The molecule has 106 valence electrons. The second-order valence-electron chi connectivity index (χ2n) is 4.71. The molecule has 2 N–H and O–H groups in total. The van der Waals surface area contributed by atoms with Crippen molar-refractivity contribution in [1.29, 1.82) is 0 Å². The van der Waals surface area contributed by atoms with Gasteiger partial charge in [-0.25, -0.2) is 0 Å². The number of nitrogens with two attached hydrogens (primary N) is 1. The molecule has 0 spiro atoms. The predicted molar refractivity (Wildman–Crippen MR) is 87.8 cm³/mol. The molecule has 3 nitrogen and oxygen atoms in total. The van der Waals surface area contributed by atoms with Crippen molar-refractivity contribution in [2.75, 3.05) is 0 Å². The summed E-state index contributed by atoms with van der Waals surface area (Å²) in [5, 5.41) is 0. The zero-order valence-electron chi connectivity index (χ0n) is 11.1. The van der Waals surface area contributed by atoms with Crippen LogP contribution in [0.5, 0.6) is 5.75 Å². The Bertz CT molecular complexity index is 550. The van der Waals surface area contributed by atoms with E-state index in [-0.39, 0.29) is 6.04 Å². The van der Waals surface area contributed by atoms with E-state index in [1.807, 2.05) is 19.1 Å². The fraction of sp³-hybridized carbons (Fsp3) is 0.267. The number of aromatic nitrogens is 1. The Morgan fingerprint density at radius 2 is 1.75 bits per heavy atom. The van der Waals surface area contributed by atoms with Crippen LogP contribution in [0.2, 0.25) is 0 Å². The van der Waals surface area contributed by atoms with E-state index in [2.05, 4.69) is 49.0 Å². The Kier molecular flexibility index (Phi) is 5.57. The molecule has 5 heteroatoms. The van der Waals surface area contributed by atoms with Gasteiger partial charge in [0.05, 0.1) is 8.95 Å². The standard InChI is InChI=1S/C15H16Br2N2O/c1-10(18)6-12-7-13(16)15(14(17)8-12)20-9-11-2-4-19-5-3-11/h2-5,7-8,10H,6,9,18H2,1H3. The van der Waals surface area contributed by atoms with Gasteiger partial charge in [0.1, 0.15) is 12.4 Å². The van der Waals surface area contributed by atoms with Crippen molar-refractivity contribution in [2.24, 2.45) is 5.73 Å². The summed E-state index contributed by atoms with van der Waals surface area (Å²) in [6.45, 7) is 2.50. The Hall–Kier alpha value is -0.910. The number of ether oxygens (including phenoxy) is 1. The molecular weight excluding hydrogens is 384 g/mol. The molecule has 0 saturated heterocycles. The normalized spacial score (nSPS) is 12.2. The quantitative estimate of drug-likeness (QED) is 0.823. The van der Waals surface area contributed by atoms with Crippen LogP contribution in [0.25, 0.3) is 0 Å². The number of hydrogen-bond donors (Lipinski definition) is 1. The summed E-state index contributed by atoms with van der Waals surface area (Å²) in [6.07, 6.45) is 4.35. The third-order valence-electron chi connectivity index (χ3n) is 2.75. The molecule has 0 aliphatic heterocycles. The number of pyridine rings is 1. The minimum Gasteiger partial charge on any atom is -0.487 e. The molecule has 1 aromatic carbocycles. The zero-order valence-corrected chi connectivity index (χ0v) is 14.3. The smallest absolute Gasteiger partial charge is 0.148 e. The SMILES string of the molecule is CC(N)Cc1cc(Br)c(OCc2ccncc2)c(Br)c1. The molecule has 0 radical (unpaired) electrons. The van der Waals surface area contributed by atoms with Gasteiger partial charge in [-0.1, -0.05) is 0 Å². The van der Waals surface area contributed by atoms with E-state index >= 15 is 0 Å². The summed E-state index contributed by atoms with van der Waals surface area (Å²) >= 11 is 7.11. The molecule has 0 fully saturated rings. The Morgan fingerprint density at radius 3 is 2.30 bits per heavy atom. The maximum atomic E-state index is 5.86. The highest BCUT2D eigenvalue weighted by atomic mass is 79.9. The summed E-state index contributed by atoms with van der Waals surface area (Å²) in [5.41, 5.74) is 8.09. The van der Waals surface area contributed by atoms with Gasteiger partial charge in [0.25, 0.3) is 0 Å². The lowest BCUT2D eigenvalue weighted by Crippen LogP contribution is -2.17. The van der Waals surface area contributed by atoms with Crippen LogP contribution < -0.4 is 10.5 Å². The third-order valence-corrected chi connectivity index (χ3v) is 3.93. The van der Waals surface area contributed by atoms with E-state index in [0.29, 0.717) is 6.61 Å². The monoisotopic (exact) mass is 398 g/mol. The van der Waals surface area contributed by atoms with Crippen molar-refractivity contribution in [3.05, 3.63) is 56.7 Å². The number of nitrogens with zero attached hydrogens (tertiary/aromatic N) is 1. The second kappa shape index (κ2) is 7.20. The lowest BCUT2D eigenvalue weighted by Gasteiger charge is -2.13. The lowest BCUT2D eigenvalue weighted by atomic mass is 10.1. The van der Waals surface area contributed by atoms with Crippen molar-refractivity contribution >= 4 is 31.9 Å². The van der Waals surface area contributed by atoms with E-state index in [1.54, 1.807) is 12.4 Å². The Morgan fingerprint density at radius 1 is 1.15 bits per heavy atom. The van der Waals surface area contributed by atoms with E-state index < -0.39 is 0 Å². The minimum atomic E-state index is 0.136. The van der Waals surface area contributed by atoms with Crippen molar-refractivity contribution in [1.82, 2.24) is 4.98 Å². The molecule has 2 rings (SSSR count). The fourth-order valence-electron chi connectivity index (χ4n) is 1.87. The molecule has 0 aliphatic carbocycles. The van der Waals surface area contributed by atoms with Crippen LogP contribution in [0.15, 0.2) is 45.6 Å². The molecule has 1 aromatic heterocycles. The maximum absolute atomic E-state index is 5.86. The first-order valence-electron chi connectivity index (χ1n) is 6.31. The summed E-state index contributed by atoms with van der Waals surface area (Å²) in [5.74, 6) is 0.801. The molecule has 0 amide bonds. The zero-order chi connectivity index (χ0) is 14.5. The molecule has 1 heterocycles. The van der Waals surface area contributed by atoms with Crippen molar-refractivity contribution in [2.45, 2.75) is 26.0 Å². The largest absolute Gasteiger partial charge is 0.487 e. The highest BCUT2D eigenvalue weighted by Crippen LogP contribution is 2.35. The summed E-state index contributed by atoms with van der Waals surface area (Å²) < 4.78 is 7.72. The molecule has 0 aliphatic rings. The van der Waals surface area contributed by atoms with Gasteiger partial charge in [-0.15, -0.1) is 0 Å². The van der Waals surface area contributed by atoms with E-state index in [4.69, 9.17) is 10.5 Å². The number of hydrogen-bond acceptors (Lipinski definition) is 3. The second-order valence-corrected chi connectivity index (χ2v) is 6.42. The van der Waals surface area contributed by atoms with Gasteiger partial charge in [-0.05, 0) is 80.6 Å². The molecule has 2 aromatic rings. The van der Waals surface area contributed by atoms with Crippen LogP contribution in [0, 0.1) is 0 Å². The first-order valence-corrected chi connectivity index (χ1v) is 7.90. The van der Waals surface area contributed by atoms with E-state index in [9.17, 15) is 0 Å². The van der Waals surface area contributed by atoms with Gasteiger partial charge in [0.2, 0.25) is 0 Å². The van der Waals surface area contributed by atoms with Crippen molar-refractivity contribution < 1.29 is 4.74 Å². The van der Waals surface area contributed by atoms with Crippen LogP contribution in [-0.2, 0) is 13.0 Å². The van der Waals surface area contributed by atoms with Gasteiger partial charge in [0, 0.05) is 18.4 Å². The van der Waals surface area contributed by atoms with Gasteiger partial charge in [-0.3, -0.25) is 4.98 Å². The number of halogens is 2. The number of benzene rings is 1. The molecule has 20 heavy (non-hydrogen) atoms. The van der Waals surface area contributed by atoms with E-state index in [1.165, 1.54) is 5.56 Å². The van der Waals surface area contributed by atoms with Crippen LogP contribution in [-0.4, -0.2) is 11.0 Å². The first kappa shape index (κ1) is 15.5. The summed E-state index contributed by atoms with van der Waals surface area (Å²) in [7, 11) is 0. The van der Waals surface area contributed by atoms with Gasteiger partial charge < -0.3 is 10.5 Å². The number of rotatable bonds is 5. The first-order chi connectivity index (χ1) is 9.56. The topological polar surface area (TPSA) is 48.1 Å². The average molecular weight is 400 g/mol.